The van der Waals surface area contributed by atoms with E-state index in [-0.39, 0.29) is 14.8 Å². The van der Waals surface area contributed by atoms with Gasteiger partial charge in [0.2, 0.25) is 0 Å². The number of aromatic nitrogens is 1. The average molecular weight is 453 g/mol. The Labute approximate surface area is 189 Å². The van der Waals surface area contributed by atoms with E-state index in [1.54, 1.807) is 13.0 Å². The van der Waals surface area contributed by atoms with Gasteiger partial charge >= 0.3 is 5.97 Å². The lowest BCUT2D eigenvalue weighted by Gasteiger charge is -2.15. The van der Waals surface area contributed by atoms with Crippen LogP contribution in [-0.4, -0.2) is 46.8 Å². The highest BCUT2D eigenvalue weighted by atomic mass is 32.1. The SMILES string of the molecule is CCn1c(=C=C(C#N)C(=O)O)sc(=C=CNc2cccc(OCCN3CCCC3)c2)c1=O. The van der Waals surface area contributed by atoms with Crippen LogP contribution in [0.25, 0.3) is 11.5 Å². The summed E-state index contributed by atoms with van der Waals surface area (Å²) >= 11 is 1.03. The molecule has 2 aromatic rings. The van der Waals surface area contributed by atoms with Crippen molar-refractivity contribution in [2.75, 3.05) is 31.6 Å². The molecule has 166 valence electrons. The minimum atomic E-state index is -1.39. The van der Waals surface area contributed by atoms with Gasteiger partial charge in [0.15, 0.2) is 5.57 Å². The molecule has 1 fully saturated rings. The van der Waals surface area contributed by atoms with Crippen LogP contribution in [0.15, 0.2) is 40.8 Å². The fourth-order valence-corrected chi connectivity index (χ4v) is 4.26. The monoisotopic (exact) mass is 452 g/mol. The number of nitriles is 1. The van der Waals surface area contributed by atoms with Crippen LogP contribution in [0.1, 0.15) is 19.8 Å². The van der Waals surface area contributed by atoms with Crippen LogP contribution in [0.3, 0.4) is 0 Å². The molecule has 0 saturated carbocycles. The number of nitrogens with zero attached hydrogens (tertiary/aromatic N) is 3. The summed E-state index contributed by atoms with van der Waals surface area (Å²) in [7, 11) is 0. The minimum Gasteiger partial charge on any atom is -0.492 e. The van der Waals surface area contributed by atoms with E-state index in [0.29, 0.717) is 13.2 Å². The van der Waals surface area contributed by atoms with E-state index in [0.717, 1.165) is 42.4 Å². The van der Waals surface area contributed by atoms with Crippen molar-refractivity contribution in [2.24, 2.45) is 0 Å². The molecule has 1 aliphatic heterocycles. The zero-order valence-corrected chi connectivity index (χ0v) is 18.6. The van der Waals surface area contributed by atoms with Gasteiger partial charge in [-0.1, -0.05) is 28.9 Å². The number of nitrogens with one attached hydrogen (secondary N) is 1. The van der Waals surface area contributed by atoms with Crippen molar-refractivity contribution in [3.05, 3.63) is 55.6 Å². The minimum absolute atomic E-state index is 0.265. The maximum atomic E-state index is 12.5. The van der Waals surface area contributed by atoms with E-state index >= 15 is 0 Å². The smallest absolute Gasteiger partial charge is 0.354 e. The predicted octanol–water partition coefficient (Wildman–Crippen LogP) is 1.32. The Hall–Kier alpha value is -3.53. The fourth-order valence-electron chi connectivity index (χ4n) is 3.28. The Kier molecular flexibility index (Phi) is 8.09. The van der Waals surface area contributed by atoms with Gasteiger partial charge in [-0.25, -0.2) is 4.79 Å². The average Bonchev–Trinajstić information content (AvgIpc) is 3.40. The molecule has 2 heterocycles. The van der Waals surface area contributed by atoms with Crippen molar-refractivity contribution in [2.45, 2.75) is 26.3 Å². The molecule has 32 heavy (non-hydrogen) atoms. The number of rotatable bonds is 8. The molecule has 8 nitrogen and oxygen atoms in total. The number of ether oxygens (including phenoxy) is 1. The first kappa shape index (κ1) is 23.1. The van der Waals surface area contributed by atoms with Gasteiger partial charge in [-0.05, 0) is 45.0 Å². The number of likely N-dealkylation sites (tertiary alicyclic amines) is 1. The lowest BCUT2D eigenvalue weighted by atomic mass is 10.3. The van der Waals surface area contributed by atoms with Crippen LogP contribution in [0.4, 0.5) is 5.69 Å². The molecule has 0 bridgehead atoms. The maximum absolute atomic E-state index is 12.5. The summed E-state index contributed by atoms with van der Waals surface area (Å²) in [6.07, 6.45) is 4.03. The molecule has 1 aliphatic rings. The van der Waals surface area contributed by atoms with Crippen LogP contribution in [-0.2, 0) is 11.3 Å². The van der Waals surface area contributed by atoms with E-state index < -0.39 is 11.5 Å². The Balaban J connectivity index is 1.78. The Morgan fingerprint density at radius 2 is 2.16 bits per heavy atom. The third-order valence-corrected chi connectivity index (χ3v) is 5.92. The number of anilines is 1. The molecule has 0 spiro atoms. The third kappa shape index (κ3) is 6.01. The first-order valence-corrected chi connectivity index (χ1v) is 11.1. The Morgan fingerprint density at radius 3 is 2.84 bits per heavy atom. The highest BCUT2D eigenvalue weighted by Crippen LogP contribution is 2.17. The zero-order chi connectivity index (χ0) is 22.9. The fraction of sp³-hybridized carbons (Fsp3) is 0.348. The van der Waals surface area contributed by atoms with Gasteiger partial charge in [0.25, 0.3) is 5.56 Å². The summed E-state index contributed by atoms with van der Waals surface area (Å²) in [4.78, 5) is 26.0. The lowest BCUT2D eigenvalue weighted by Crippen LogP contribution is -2.30. The van der Waals surface area contributed by atoms with E-state index in [1.165, 1.54) is 23.6 Å². The highest BCUT2D eigenvalue weighted by Gasteiger charge is 2.10. The first-order chi connectivity index (χ1) is 15.5. The van der Waals surface area contributed by atoms with E-state index in [2.05, 4.69) is 21.7 Å². The molecular weight excluding hydrogens is 428 g/mol. The number of benzene rings is 1. The Morgan fingerprint density at radius 1 is 1.38 bits per heavy atom. The second kappa shape index (κ2) is 11.2. The maximum Gasteiger partial charge on any atom is 0.354 e. The molecule has 9 heteroatoms. The van der Waals surface area contributed by atoms with Gasteiger partial charge in [0.1, 0.15) is 27.6 Å². The summed E-state index contributed by atoms with van der Waals surface area (Å²) < 4.78 is 7.74. The van der Waals surface area contributed by atoms with Crippen LogP contribution >= 0.6 is 11.3 Å². The molecule has 0 amide bonds. The highest BCUT2D eigenvalue weighted by molar-refractivity contribution is 7.07. The van der Waals surface area contributed by atoms with Gasteiger partial charge < -0.3 is 15.2 Å². The quantitative estimate of drug-likeness (QED) is 0.459. The van der Waals surface area contributed by atoms with Gasteiger partial charge in [0.05, 0.1) is 0 Å². The van der Waals surface area contributed by atoms with E-state index in [4.69, 9.17) is 15.1 Å². The van der Waals surface area contributed by atoms with Crippen LogP contribution in [0, 0.1) is 11.3 Å². The molecule has 1 saturated heterocycles. The van der Waals surface area contributed by atoms with Crippen molar-refractivity contribution in [3.63, 3.8) is 0 Å². The topological polar surface area (TPSA) is 108 Å². The number of aliphatic carboxylic acids is 1. The molecular formula is C23H24N4O4S. The number of hydrogen-bond acceptors (Lipinski definition) is 7. The summed E-state index contributed by atoms with van der Waals surface area (Å²) in [6.45, 7) is 5.89. The molecule has 0 atom stereocenters. The summed E-state index contributed by atoms with van der Waals surface area (Å²) in [5.74, 6) is -0.631. The predicted molar refractivity (Wildman–Crippen MR) is 123 cm³/mol. The number of thiazole rings is 1. The van der Waals surface area contributed by atoms with Crippen molar-refractivity contribution in [1.29, 1.82) is 5.26 Å². The van der Waals surface area contributed by atoms with Gasteiger partial charge in [0, 0.05) is 31.0 Å². The zero-order valence-electron chi connectivity index (χ0n) is 17.8. The van der Waals surface area contributed by atoms with Crippen LogP contribution < -0.4 is 24.8 Å². The number of carbonyl (C=O) groups is 1. The number of carboxylic acids is 1. The van der Waals surface area contributed by atoms with Crippen molar-refractivity contribution in [3.8, 4) is 11.8 Å². The van der Waals surface area contributed by atoms with Gasteiger partial charge in [-0.3, -0.25) is 14.3 Å². The summed E-state index contributed by atoms with van der Waals surface area (Å²) in [5.41, 5.74) is 5.32. The van der Waals surface area contributed by atoms with Crippen molar-refractivity contribution >= 4 is 34.5 Å². The van der Waals surface area contributed by atoms with Crippen LogP contribution in [0.5, 0.6) is 5.75 Å². The largest absolute Gasteiger partial charge is 0.492 e. The third-order valence-electron chi connectivity index (χ3n) is 4.91. The summed E-state index contributed by atoms with van der Waals surface area (Å²) in [6, 6.07) is 9.09. The molecule has 3 rings (SSSR count). The van der Waals surface area contributed by atoms with Gasteiger partial charge in [-0.15, -0.1) is 0 Å². The summed E-state index contributed by atoms with van der Waals surface area (Å²) in [5, 5.41) is 21.0. The molecule has 0 radical (unpaired) electrons. The lowest BCUT2D eigenvalue weighted by molar-refractivity contribution is -0.132. The van der Waals surface area contributed by atoms with Crippen molar-refractivity contribution in [1.82, 2.24) is 9.47 Å². The molecule has 2 N–H and O–H groups in total. The molecule has 1 aromatic carbocycles. The second-order valence-electron chi connectivity index (χ2n) is 7.06. The molecule has 0 unspecified atom stereocenters. The van der Waals surface area contributed by atoms with Crippen LogP contribution in [0.2, 0.25) is 0 Å². The first-order valence-electron chi connectivity index (χ1n) is 10.3. The normalized spacial score (nSPS) is 13.0. The molecule has 1 aromatic heterocycles. The van der Waals surface area contributed by atoms with E-state index in [1.807, 2.05) is 24.3 Å². The number of carboxylic acid groups (broad SMARTS) is 1. The van der Waals surface area contributed by atoms with Gasteiger partial charge in [-0.2, -0.15) is 5.26 Å². The molecule has 0 aliphatic carbocycles. The second-order valence-corrected chi connectivity index (χ2v) is 8.06. The standard InChI is InChI=1S/C23H24N4O4S/c1-2-27-21(14-17(16-24)23(29)30)32-20(22(27)28)8-9-25-18-6-5-7-19(15-18)31-13-12-26-10-3-4-11-26/h5-7,9,15,25H,2-4,10-13H2,1H3,(H,29,30). The number of hydrogen-bond donors (Lipinski definition) is 2. The van der Waals surface area contributed by atoms with E-state index in [9.17, 15) is 9.59 Å². The Bertz CT molecular complexity index is 1270. The van der Waals surface area contributed by atoms with Crippen molar-refractivity contribution < 1.29 is 14.6 Å².